The molecule has 0 heterocycles. The molecule has 0 unspecified atom stereocenters. The Morgan fingerprint density at radius 2 is 2.00 bits per heavy atom. The highest BCUT2D eigenvalue weighted by Crippen LogP contribution is 2.20. The molecule has 96 valence electrons. The summed E-state index contributed by atoms with van der Waals surface area (Å²) < 4.78 is 26.0. The zero-order chi connectivity index (χ0) is 12.9. The molecule has 4 nitrogen and oxygen atoms in total. The number of sulfonamides is 1. The molecule has 2 N–H and O–H groups in total. The predicted molar refractivity (Wildman–Crippen MR) is 73.0 cm³/mol. The largest absolute Gasteiger partial charge is 0.388 e. The maximum Gasteiger partial charge on any atom is 0.232 e. The van der Waals surface area contributed by atoms with Crippen molar-refractivity contribution in [1.82, 2.24) is 0 Å². The zero-order valence-corrected chi connectivity index (χ0v) is 11.4. The summed E-state index contributed by atoms with van der Waals surface area (Å²) in [5.41, 5.74) is 2.64. The van der Waals surface area contributed by atoms with Crippen molar-refractivity contribution >= 4 is 21.4 Å². The molecule has 0 bridgehead atoms. The topological polar surface area (TPSA) is 58.2 Å². The second-order valence-electron chi connectivity index (χ2n) is 4.05. The van der Waals surface area contributed by atoms with Gasteiger partial charge in [-0.05, 0) is 37.1 Å². The number of anilines is 2. The Labute approximate surface area is 103 Å². The van der Waals surface area contributed by atoms with Gasteiger partial charge in [0.2, 0.25) is 10.0 Å². The minimum Gasteiger partial charge on any atom is -0.388 e. The van der Waals surface area contributed by atoms with Crippen LogP contribution < -0.4 is 10.0 Å². The summed E-state index contributed by atoms with van der Waals surface area (Å²) in [6.07, 6.45) is 1.56. The van der Waals surface area contributed by atoms with Crippen LogP contribution in [0.4, 0.5) is 11.4 Å². The van der Waals surface area contributed by atoms with Gasteiger partial charge in [0.1, 0.15) is 0 Å². The summed E-state index contributed by atoms with van der Waals surface area (Å²) in [4.78, 5) is 0. The molecule has 0 radical (unpaired) electrons. The Bertz CT molecular complexity index is 469. The minimum atomic E-state index is -3.20. The molecule has 0 aliphatic carbocycles. The smallest absolute Gasteiger partial charge is 0.232 e. The molecule has 0 aliphatic rings. The van der Waals surface area contributed by atoms with E-state index in [4.69, 9.17) is 0 Å². The van der Waals surface area contributed by atoms with E-state index in [0.717, 1.165) is 17.7 Å². The van der Waals surface area contributed by atoms with Gasteiger partial charge in [0.05, 0.1) is 5.75 Å². The third-order valence-corrected chi connectivity index (χ3v) is 3.91. The number of hydrogen-bond donors (Lipinski definition) is 2. The van der Waals surface area contributed by atoms with Crippen LogP contribution in [0.2, 0.25) is 0 Å². The van der Waals surface area contributed by atoms with Crippen molar-refractivity contribution in [3.05, 3.63) is 23.8 Å². The number of aryl methyl sites for hydroxylation is 1. The SMILES string of the molecule is CCCCS(=O)(=O)Nc1ccc(NC)c(C)c1. The summed E-state index contributed by atoms with van der Waals surface area (Å²) in [6.45, 7) is 3.91. The molecule has 17 heavy (non-hydrogen) atoms. The molecule has 0 amide bonds. The molecule has 0 saturated carbocycles. The number of rotatable bonds is 6. The number of nitrogens with one attached hydrogen (secondary N) is 2. The molecule has 1 aromatic carbocycles. The first-order valence-corrected chi connectivity index (χ1v) is 7.42. The Morgan fingerprint density at radius 1 is 1.29 bits per heavy atom. The fraction of sp³-hybridized carbons (Fsp3) is 0.500. The first-order chi connectivity index (χ1) is 7.98. The van der Waals surface area contributed by atoms with Crippen LogP contribution >= 0.6 is 0 Å². The number of hydrogen-bond acceptors (Lipinski definition) is 3. The van der Waals surface area contributed by atoms with Crippen molar-refractivity contribution in [2.45, 2.75) is 26.7 Å². The Hall–Kier alpha value is -1.23. The van der Waals surface area contributed by atoms with E-state index < -0.39 is 10.0 Å². The van der Waals surface area contributed by atoms with Crippen molar-refractivity contribution in [3.63, 3.8) is 0 Å². The summed E-state index contributed by atoms with van der Waals surface area (Å²) in [5.74, 6) is 0.177. The van der Waals surface area contributed by atoms with E-state index in [1.165, 1.54) is 0 Å². The maximum absolute atomic E-state index is 11.7. The van der Waals surface area contributed by atoms with Crippen LogP contribution in [0.15, 0.2) is 18.2 Å². The predicted octanol–water partition coefficient (Wildman–Crippen LogP) is 2.58. The van der Waals surface area contributed by atoms with Crippen molar-refractivity contribution in [2.24, 2.45) is 0 Å². The van der Waals surface area contributed by atoms with E-state index in [-0.39, 0.29) is 5.75 Å². The fourth-order valence-electron chi connectivity index (χ4n) is 1.57. The highest BCUT2D eigenvalue weighted by atomic mass is 32.2. The molecule has 5 heteroatoms. The Morgan fingerprint density at radius 3 is 2.53 bits per heavy atom. The second-order valence-corrected chi connectivity index (χ2v) is 5.90. The summed E-state index contributed by atoms with van der Waals surface area (Å²) >= 11 is 0. The third kappa shape index (κ3) is 4.26. The summed E-state index contributed by atoms with van der Waals surface area (Å²) in [6, 6.07) is 5.46. The van der Waals surface area contributed by atoms with Crippen LogP contribution in [0.1, 0.15) is 25.3 Å². The number of benzene rings is 1. The molecular formula is C12H20N2O2S. The standard InChI is InChI=1S/C12H20N2O2S/c1-4-5-8-17(15,16)14-11-6-7-12(13-3)10(2)9-11/h6-7,9,13-14H,4-5,8H2,1-3H3. The fourth-order valence-corrected chi connectivity index (χ4v) is 2.83. The molecule has 1 aromatic rings. The first kappa shape index (κ1) is 13.8. The van der Waals surface area contributed by atoms with Crippen molar-refractivity contribution < 1.29 is 8.42 Å². The van der Waals surface area contributed by atoms with Crippen LogP contribution in [0.25, 0.3) is 0 Å². The van der Waals surface area contributed by atoms with Crippen LogP contribution in [-0.4, -0.2) is 21.2 Å². The number of unbranched alkanes of at least 4 members (excludes halogenated alkanes) is 1. The highest BCUT2D eigenvalue weighted by Gasteiger charge is 2.09. The molecule has 0 fully saturated rings. The van der Waals surface area contributed by atoms with E-state index in [1.54, 1.807) is 6.07 Å². The van der Waals surface area contributed by atoms with Gasteiger partial charge >= 0.3 is 0 Å². The van der Waals surface area contributed by atoms with E-state index in [9.17, 15) is 8.42 Å². The van der Waals surface area contributed by atoms with Crippen LogP contribution in [-0.2, 0) is 10.0 Å². The van der Waals surface area contributed by atoms with Crippen molar-refractivity contribution in [1.29, 1.82) is 0 Å². The van der Waals surface area contributed by atoms with E-state index in [2.05, 4.69) is 10.0 Å². The van der Waals surface area contributed by atoms with Crippen LogP contribution in [0.3, 0.4) is 0 Å². The van der Waals surface area contributed by atoms with Gasteiger partial charge < -0.3 is 5.32 Å². The van der Waals surface area contributed by atoms with Crippen molar-refractivity contribution in [3.8, 4) is 0 Å². The van der Waals surface area contributed by atoms with Crippen LogP contribution in [0.5, 0.6) is 0 Å². The van der Waals surface area contributed by atoms with Gasteiger partial charge in [-0.25, -0.2) is 8.42 Å². The van der Waals surface area contributed by atoms with Gasteiger partial charge in [-0.1, -0.05) is 13.3 Å². The average molecular weight is 256 g/mol. The lowest BCUT2D eigenvalue weighted by Gasteiger charge is -2.10. The summed E-state index contributed by atoms with van der Waals surface area (Å²) in [5, 5.41) is 3.04. The Balaban J connectivity index is 2.78. The lowest BCUT2D eigenvalue weighted by Crippen LogP contribution is -2.16. The molecule has 0 aromatic heterocycles. The minimum absolute atomic E-state index is 0.177. The molecular weight excluding hydrogens is 236 g/mol. The normalized spacial score (nSPS) is 11.2. The van der Waals surface area contributed by atoms with E-state index in [1.807, 2.05) is 33.0 Å². The summed E-state index contributed by atoms with van der Waals surface area (Å²) in [7, 11) is -1.36. The first-order valence-electron chi connectivity index (χ1n) is 5.77. The van der Waals surface area contributed by atoms with Gasteiger partial charge in [0.25, 0.3) is 0 Å². The molecule has 0 spiro atoms. The lowest BCUT2D eigenvalue weighted by atomic mass is 10.2. The molecule has 0 atom stereocenters. The molecule has 1 rings (SSSR count). The quantitative estimate of drug-likeness (QED) is 0.822. The van der Waals surface area contributed by atoms with E-state index >= 15 is 0 Å². The van der Waals surface area contributed by atoms with Gasteiger partial charge in [0.15, 0.2) is 0 Å². The van der Waals surface area contributed by atoms with Crippen LogP contribution in [0, 0.1) is 6.92 Å². The van der Waals surface area contributed by atoms with Gasteiger partial charge in [-0.3, -0.25) is 4.72 Å². The second kappa shape index (κ2) is 5.91. The monoisotopic (exact) mass is 256 g/mol. The van der Waals surface area contributed by atoms with Crippen molar-refractivity contribution in [2.75, 3.05) is 22.8 Å². The highest BCUT2D eigenvalue weighted by molar-refractivity contribution is 7.92. The van der Waals surface area contributed by atoms with E-state index in [0.29, 0.717) is 12.1 Å². The van der Waals surface area contributed by atoms with Gasteiger partial charge in [-0.15, -0.1) is 0 Å². The molecule has 0 aliphatic heterocycles. The maximum atomic E-state index is 11.7. The van der Waals surface area contributed by atoms with Gasteiger partial charge in [0, 0.05) is 18.4 Å². The third-order valence-electron chi connectivity index (χ3n) is 2.54. The Kier molecular flexibility index (Phi) is 4.81. The molecule has 0 saturated heterocycles. The average Bonchev–Trinajstić information content (AvgIpc) is 2.26. The lowest BCUT2D eigenvalue weighted by molar-refractivity contribution is 0.598. The zero-order valence-electron chi connectivity index (χ0n) is 10.6. The van der Waals surface area contributed by atoms with Gasteiger partial charge in [-0.2, -0.15) is 0 Å².